The Hall–Kier alpha value is -1.26. The fourth-order valence-corrected chi connectivity index (χ4v) is 2.16. The monoisotopic (exact) mass is 327 g/mol. The van der Waals surface area contributed by atoms with E-state index in [0.717, 1.165) is 4.47 Å². The van der Waals surface area contributed by atoms with E-state index in [1.807, 2.05) is 0 Å². The van der Waals surface area contributed by atoms with Crippen LogP contribution in [0.1, 0.15) is 16.1 Å². The van der Waals surface area contributed by atoms with Crippen molar-refractivity contribution in [1.29, 1.82) is 0 Å². The number of ketones is 1. The molecule has 1 heterocycles. The van der Waals surface area contributed by atoms with Crippen LogP contribution in [0, 0.1) is 5.82 Å². The summed E-state index contributed by atoms with van der Waals surface area (Å²) in [7, 11) is 0. The molecule has 0 atom stereocenters. The molecule has 2 nitrogen and oxygen atoms in total. The molecule has 0 N–H and O–H groups in total. The third kappa shape index (κ3) is 2.94. The SMILES string of the molecule is O=C(Cc1cc(Br)ccc1F)c1ncccc1Cl. The summed E-state index contributed by atoms with van der Waals surface area (Å²) in [5.41, 5.74) is 0.481. The maximum atomic E-state index is 13.5. The predicted molar refractivity (Wildman–Crippen MR) is 71.4 cm³/mol. The minimum absolute atomic E-state index is 0.0675. The molecule has 0 aliphatic rings. The Kier molecular flexibility index (Phi) is 4.09. The Morgan fingerprint density at radius 1 is 1.39 bits per heavy atom. The van der Waals surface area contributed by atoms with E-state index in [4.69, 9.17) is 11.6 Å². The van der Waals surface area contributed by atoms with E-state index in [1.54, 1.807) is 24.3 Å². The molecule has 0 unspecified atom stereocenters. The zero-order valence-corrected chi connectivity index (χ0v) is 11.5. The van der Waals surface area contributed by atoms with E-state index in [0.29, 0.717) is 5.56 Å². The first-order valence-corrected chi connectivity index (χ1v) is 6.32. The van der Waals surface area contributed by atoms with E-state index < -0.39 is 5.82 Å². The van der Waals surface area contributed by atoms with E-state index in [-0.39, 0.29) is 22.9 Å². The maximum Gasteiger partial charge on any atom is 0.187 e. The van der Waals surface area contributed by atoms with Crippen molar-refractivity contribution in [3.8, 4) is 0 Å². The number of benzene rings is 1. The lowest BCUT2D eigenvalue weighted by molar-refractivity contribution is 0.0987. The van der Waals surface area contributed by atoms with Crippen LogP contribution in [0.5, 0.6) is 0 Å². The standard InChI is InChI=1S/C13H8BrClFNO/c14-9-3-4-11(16)8(6-9)7-12(18)13-10(15)2-1-5-17-13/h1-6H,7H2. The van der Waals surface area contributed by atoms with Crippen LogP contribution in [0.25, 0.3) is 0 Å². The van der Waals surface area contributed by atoms with E-state index in [9.17, 15) is 9.18 Å². The van der Waals surface area contributed by atoms with E-state index in [1.165, 1.54) is 12.3 Å². The van der Waals surface area contributed by atoms with Crippen LogP contribution in [0.3, 0.4) is 0 Å². The lowest BCUT2D eigenvalue weighted by atomic mass is 10.1. The maximum absolute atomic E-state index is 13.5. The second kappa shape index (κ2) is 5.59. The van der Waals surface area contributed by atoms with Gasteiger partial charge in [0.15, 0.2) is 5.78 Å². The molecule has 0 amide bonds. The summed E-state index contributed by atoms with van der Waals surface area (Å²) in [6.07, 6.45) is 1.42. The van der Waals surface area contributed by atoms with Crippen molar-refractivity contribution < 1.29 is 9.18 Å². The highest BCUT2D eigenvalue weighted by Crippen LogP contribution is 2.19. The highest BCUT2D eigenvalue weighted by Gasteiger charge is 2.14. The summed E-state index contributed by atoms with van der Waals surface area (Å²) >= 11 is 9.11. The molecule has 2 aromatic rings. The average Bonchev–Trinajstić information content (AvgIpc) is 2.34. The number of carbonyl (C=O) groups excluding carboxylic acids is 1. The highest BCUT2D eigenvalue weighted by atomic mass is 79.9. The molecule has 0 spiro atoms. The van der Waals surface area contributed by atoms with E-state index >= 15 is 0 Å². The number of nitrogens with zero attached hydrogens (tertiary/aromatic N) is 1. The molecule has 2 rings (SSSR count). The number of hydrogen-bond donors (Lipinski definition) is 0. The largest absolute Gasteiger partial charge is 0.292 e. The van der Waals surface area contributed by atoms with Gasteiger partial charge in [0.2, 0.25) is 0 Å². The molecule has 0 aliphatic heterocycles. The zero-order chi connectivity index (χ0) is 13.1. The lowest BCUT2D eigenvalue weighted by Crippen LogP contribution is -2.08. The Morgan fingerprint density at radius 2 is 2.17 bits per heavy atom. The summed E-state index contributed by atoms with van der Waals surface area (Å²) in [6.45, 7) is 0. The molecule has 0 aliphatic carbocycles. The fraction of sp³-hybridized carbons (Fsp3) is 0.0769. The quantitative estimate of drug-likeness (QED) is 0.795. The molecule has 0 saturated heterocycles. The first-order valence-electron chi connectivity index (χ1n) is 5.15. The van der Waals surface area contributed by atoms with Crippen LogP contribution in [-0.4, -0.2) is 10.8 Å². The van der Waals surface area contributed by atoms with Gasteiger partial charge in [-0.2, -0.15) is 0 Å². The van der Waals surface area contributed by atoms with Crippen molar-refractivity contribution in [3.05, 3.63) is 63.1 Å². The second-order valence-corrected chi connectivity index (χ2v) is 4.99. The molecule has 92 valence electrons. The Balaban J connectivity index is 2.27. The molecule has 18 heavy (non-hydrogen) atoms. The number of Topliss-reactive ketones (excluding diaryl/α,β-unsaturated/α-hetero) is 1. The van der Waals surface area contributed by atoms with Crippen molar-refractivity contribution in [2.45, 2.75) is 6.42 Å². The minimum atomic E-state index is -0.418. The van der Waals surface area contributed by atoms with Crippen LogP contribution >= 0.6 is 27.5 Å². The van der Waals surface area contributed by atoms with Crippen molar-refractivity contribution in [3.63, 3.8) is 0 Å². The summed E-state index contributed by atoms with van der Waals surface area (Å²) in [6, 6.07) is 7.69. The summed E-state index contributed by atoms with van der Waals surface area (Å²) in [5, 5.41) is 0.276. The van der Waals surface area contributed by atoms with Crippen LogP contribution in [0.15, 0.2) is 41.0 Å². The van der Waals surface area contributed by atoms with Crippen LogP contribution in [0.4, 0.5) is 4.39 Å². The number of pyridine rings is 1. The number of carbonyl (C=O) groups is 1. The first kappa shape index (κ1) is 13.2. The van der Waals surface area contributed by atoms with Gasteiger partial charge in [-0.1, -0.05) is 27.5 Å². The topological polar surface area (TPSA) is 30.0 Å². The van der Waals surface area contributed by atoms with Gasteiger partial charge in [0.1, 0.15) is 11.5 Å². The van der Waals surface area contributed by atoms with Gasteiger partial charge < -0.3 is 0 Å². The van der Waals surface area contributed by atoms with Gasteiger partial charge >= 0.3 is 0 Å². The molecular weight excluding hydrogens is 321 g/mol. The zero-order valence-electron chi connectivity index (χ0n) is 9.16. The average molecular weight is 329 g/mol. The minimum Gasteiger partial charge on any atom is -0.292 e. The van der Waals surface area contributed by atoms with Crippen LogP contribution in [0.2, 0.25) is 5.02 Å². The third-order valence-electron chi connectivity index (χ3n) is 2.38. The first-order chi connectivity index (χ1) is 8.58. The summed E-state index contributed by atoms with van der Waals surface area (Å²) in [4.78, 5) is 15.9. The summed E-state index contributed by atoms with van der Waals surface area (Å²) < 4.78 is 14.2. The molecule has 0 saturated carbocycles. The molecule has 0 bridgehead atoms. The normalized spacial score (nSPS) is 10.4. The van der Waals surface area contributed by atoms with Gasteiger partial charge in [-0.15, -0.1) is 0 Å². The fourth-order valence-electron chi connectivity index (χ4n) is 1.53. The van der Waals surface area contributed by atoms with Crippen molar-refractivity contribution in [2.24, 2.45) is 0 Å². The lowest BCUT2D eigenvalue weighted by Gasteiger charge is -2.04. The molecule has 0 radical (unpaired) electrons. The Morgan fingerprint density at radius 3 is 2.89 bits per heavy atom. The number of halogens is 3. The molecule has 0 fully saturated rings. The van der Waals surface area contributed by atoms with Gasteiger partial charge in [0.25, 0.3) is 0 Å². The van der Waals surface area contributed by atoms with Crippen LogP contribution < -0.4 is 0 Å². The number of rotatable bonds is 3. The van der Waals surface area contributed by atoms with Gasteiger partial charge in [-0.05, 0) is 35.9 Å². The summed E-state index contributed by atoms with van der Waals surface area (Å²) in [5.74, 6) is -0.726. The Labute approximate surface area is 117 Å². The van der Waals surface area contributed by atoms with Gasteiger partial charge in [0.05, 0.1) is 5.02 Å². The predicted octanol–water partition coefficient (Wildman–Crippen LogP) is 4.06. The van der Waals surface area contributed by atoms with Gasteiger partial charge in [0, 0.05) is 17.1 Å². The molecular formula is C13H8BrClFNO. The van der Waals surface area contributed by atoms with Crippen LogP contribution in [-0.2, 0) is 6.42 Å². The Bertz CT molecular complexity index is 603. The smallest absolute Gasteiger partial charge is 0.187 e. The number of aromatic nitrogens is 1. The molecule has 1 aromatic carbocycles. The van der Waals surface area contributed by atoms with Gasteiger partial charge in [-0.25, -0.2) is 4.39 Å². The van der Waals surface area contributed by atoms with Crippen molar-refractivity contribution in [1.82, 2.24) is 4.98 Å². The molecule has 5 heteroatoms. The number of hydrogen-bond acceptors (Lipinski definition) is 2. The van der Waals surface area contributed by atoms with Gasteiger partial charge in [-0.3, -0.25) is 9.78 Å². The van der Waals surface area contributed by atoms with Crippen molar-refractivity contribution in [2.75, 3.05) is 0 Å². The second-order valence-electron chi connectivity index (χ2n) is 3.67. The third-order valence-corrected chi connectivity index (χ3v) is 3.18. The highest BCUT2D eigenvalue weighted by molar-refractivity contribution is 9.10. The van der Waals surface area contributed by atoms with Crippen molar-refractivity contribution >= 4 is 33.3 Å². The van der Waals surface area contributed by atoms with E-state index in [2.05, 4.69) is 20.9 Å². The molecule has 1 aromatic heterocycles.